The van der Waals surface area contributed by atoms with Crippen LogP contribution < -0.4 is 10.5 Å². The van der Waals surface area contributed by atoms with Crippen molar-refractivity contribution in [3.8, 4) is 0 Å². The van der Waals surface area contributed by atoms with Crippen LogP contribution in [0.4, 0.5) is 5.69 Å². The van der Waals surface area contributed by atoms with Crippen LogP contribution in [0, 0.1) is 0 Å². The zero-order valence-corrected chi connectivity index (χ0v) is 7.49. The van der Waals surface area contributed by atoms with Crippen molar-refractivity contribution in [2.24, 2.45) is 0 Å². The molecule has 0 unspecified atom stereocenters. The van der Waals surface area contributed by atoms with Gasteiger partial charge in [-0.25, -0.2) is 4.79 Å². The third-order valence-electron chi connectivity index (χ3n) is 2.35. The topological polar surface area (TPSA) is 73.4 Å². The molecule has 1 aliphatic heterocycles. The lowest BCUT2D eigenvalue weighted by atomic mass is 10.1. The lowest BCUT2D eigenvalue weighted by molar-refractivity contribution is 0.0695. The fourth-order valence-electron chi connectivity index (χ4n) is 1.50. The maximum absolute atomic E-state index is 11.3. The first-order valence-corrected chi connectivity index (χ1v) is 4.40. The largest absolute Gasteiger partial charge is 0.477 e. The van der Waals surface area contributed by atoms with E-state index in [-0.39, 0.29) is 5.56 Å². The summed E-state index contributed by atoms with van der Waals surface area (Å²) in [5, 5.41) is 8.87. The second kappa shape index (κ2) is 3.17. The Morgan fingerprint density at radius 2 is 2.21 bits per heavy atom. The van der Waals surface area contributed by atoms with Gasteiger partial charge in [0.25, 0.3) is 5.56 Å². The predicted molar refractivity (Wildman–Crippen MR) is 50.9 cm³/mol. The van der Waals surface area contributed by atoms with Crippen LogP contribution in [0.5, 0.6) is 0 Å². The van der Waals surface area contributed by atoms with E-state index in [1.165, 1.54) is 6.20 Å². The van der Waals surface area contributed by atoms with Crippen LogP contribution in [0.1, 0.15) is 16.8 Å². The molecule has 1 aliphatic rings. The van der Waals surface area contributed by atoms with E-state index in [1.807, 2.05) is 4.90 Å². The second-order valence-corrected chi connectivity index (χ2v) is 3.21. The SMILES string of the molecule is O=C(O)c1c(N2CCC2)cc[nH]c1=O. The molecule has 1 aromatic rings. The Bertz CT molecular complexity index is 420. The molecule has 0 saturated carbocycles. The van der Waals surface area contributed by atoms with Gasteiger partial charge in [0, 0.05) is 19.3 Å². The molecule has 2 rings (SSSR count). The Balaban J connectivity index is 2.52. The molecule has 2 heterocycles. The number of nitrogens with zero attached hydrogens (tertiary/aromatic N) is 1. The molecular weight excluding hydrogens is 184 g/mol. The van der Waals surface area contributed by atoms with Crippen LogP contribution >= 0.6 is 0 Å². The van der Waals surface area contributed by atoms with Crippen molar-refractivity contribution in [2.45, 2.75) is 6.42 Å². The Morgan fingerprint density at radius 1 is 1.50 bits per heavy atom. The summed E-state index contributed by atoms with van der Waals surface area (Å²) in [4.78, 5) is 26.4. The molecule has 1 fully saturated rings. The summed E-state index contributed by atoms with van der Waals surface area (Å²) in [6.45, 7) is 1.65. The monoisotopic (exact) mass is 194 g/mol. The summed E-state index contributed by atoms with van der Waals surface area (Å²) in [7, 11) is 0. The summed E-state index contributed by atoms with van der Waals surface area (Å²) in [5.41, 5.74) is -0.179. The van der Waals surface area contributed by atoms with Gasteiger partial charge in [-0.15, -0.1) is 0 Å². The average Bonchev–Trinajstić information content (AvgIpc) is 1.99. The number of carboxylic acids is 1. The number of hydrogen-bond donors (Lipinski definition) is 2. The van der Waals surface area contributed by atoms with Gasteiger partial charge < -0.3 is 15.0 Å². The zero-order chi connectivity index (χ0) is 10.1. The van der Waals surface area contributed by atoms with Gasteiger partial charge >= 0.3 is 5.97 Å². The summed E-state index contributed by atoms with van der Waals surface area (Å²) < 4.78 is 0. The first-order chi connectivity index (χ1) is 6.70. The number of anilines is 1. The lowest BCUT2D eigenvalue weighted by Crippen LogP contribution is -2.39. The minimum absolute atomic E-state index is 0.160. The van der Waals surface area contributed by atoms with Crippen LogP contribution in [-0.2, 0) is 0 Å². The van der Waals surface area contributed by atoms with Crippen LogP contribution in [0.15, 0.2) is 17.1 Å². The van der Waals surface area contributed by atoms with E-state index in [1.54, 1.807) is 6.07 Å². The number of hydrogen-bond acceptors (Lipinski definition) is 3. The van der Waals surface area contributed by atoms with Gasteiger partial charge in [0.1, 0.15) is 5.56 Å². The molecule has 5 nitrogen and oxygen atoms in total. The number of rotatable bonds is 2. The standard InChI is InChI=1S/C9H10N2O3/c12-8-7(9(13)14)6(2-3-10-8)11-4-1-5-11/h2-3H,1,4-5H2,(H,10,12)(H,13,14). The molecule has 0 spiro atoms. The third-order valence-corrected chi connectivity index (χ3v) is 2.35. The predicted octanol–water partition coefficient (Wildman–Crippen LogP) is 0.283. The summed E-state index contributed by atoms with van der Waals surface area (Å²) in [6.07, 6.45) is 2.52. The van der Waals surface area contributed by atoms with Crippen molar-refractivity contribution in [3.63, 3.8) is 0 Å². The van der Waals surface area contributed by atoms with Crippen molar-refractivity contribution < 1.29 is 9.90 Å². The van der Waals surface area contributed by atoms with Gasteiger partial charge in [-0.3, -0.25) is 4.79 Å². The van der Waals surface area contributed by atoms with Crippen molar-refractivity contribution in [2.75, 3.05) is 18.0 Å². The van der Waals surface area contributed by atoms with Crippen molar-refractivity contribution in [1.29, 1.82) is 0 Å². The lowest BCUT2D eigenvalue weighted by Gasteiger charge is -2.33. The Kier molecular flexibility index (Phi) is 1.99. The van der Waals surface area contributed by atoms with E-state index in [9.17, 15) is 9.59 Å². The van der Waals surface area contributed by atoms with Gasteiger partial charge in [-0.05, 0) is 12.5 Å². The number of aromatic carboxylic acids is 1. The molecule has 1 saturated heterocycles. The minimum Gasteiger partial charge on any atom is -0.477 e. The highest BCUT2D eigenvalue weighted by Gasteiger charge is 2.22. The maximum Gasteiger partial charge on any atom is 0.343 e. The molecule has 0 aromatic carbocycles. The van der Waals surface area contributed by atoms with Gasteiger partial charge in [-0.2, -0.15) is 0 Å². The molecule has 2 N–H and O–H groups in total. The van der Waals surface area contributed by atoms with E-state index in [0.717, 1.165) is 19.5 Å². The van der Waals surface area contributed by atoms with Crippen LogP contribution in [-0.4, -0.2) is 29.1 Å². The quantitative estimate of drug-likeness (QED) is 0.709. The molecular formula is C9H10N2O3. The summed E-state index contributed by atoms with van der Waals surface area (Å²) >= 11 is 0. The summed E-state index contributed by atoms with van der Waals surface area (Å²) in [5.74, 6) is -1.17. The highest BCUT2D eigenvalue weighted by atomic mass is 16.4. The van der Waals surface area contributed by atoms with Crippen molar-refractivity contribution in [3.05, 3.63) is 28.2 Å². The maximum atomic E-state index is 11.3. The number of carboxylic acid groups (broad SMARTS) is 1. The van der Waals surface area contributed by atoms with E-state index in [4.69, 9.17) is 5.11 Å². The highest BCUT2D eigenvalue weighted by Crippen LogP contribution is 2.21. The fraction of sp³-hybridized carbons (Fsp3) is 0.333. The molecule has 14 heavy (non-hydrogen) atoms. The van der Waals surface area contributed by atoms with E-state index >= 15 is 0 Å². The molecule has 0 amide bonds. The first kappa shape index (κ1) is 8.80. The minimum atomic E-state index is -1.17. The Labute approximate surface area is 80.0 Å². The van der Waals surface area contributed by atoms with Crippen LogP contribution in [0.25, 0.3) is 0 Å². The van der Waals surface area contributed by atoms with Gasteiger partial charge in [0.2, 0.25) is 0 Å². The van der Waals surface area contributed by atoms with Gasteiger partial charge in [-0.1, -0.05) is 0 Å². The number of H-pyrrole nitrogens is 1. The fourth-order valence-corrected chi connectivity index (χ4v) is 1.50. The third kappa shape index (κ3) is 1.26. The first-order valence-electron chi connectivity index (χ1n) is 4.40. The summed E-state index contributed by atoms with van der Waals surface area (Å²) in [6, 6.07) is 1.63. The molecule has 74 valence electrons. The molecule has 0 bridgehead atoms. The van der Waals surface area contributed by atoms with Crippen molar-refractivity contribution in [1.82, 2.24) is 4.98 Å². The molecule has 0 radical (unpaired) electrons. The Morgan fingerprint density at radius 3 is 2.71 bits per heavy atom. The van der Waals surface area contributed by atoms with Crippen molar-refractivity contribution >= 4 is 11.7 Å². The Hall–Kier alpha value is -1.78. The molecule has 0 aliphatic carbocycles. The number of aromatic nitrogens is 1. The molecule has 1 aromatic heterocycles. The normalized spacial score (nSPS) is 15.0. The number of pyridine rings is 1. The average molecular weight is 194 g/mol. The van der Waals surface area contributed by atoms with Crippen LogP contribution in [0.3, 0.4) is 0 Å². The van der Waals surface area contributed by atoms with Crippen LogP contribution in [0.2, 0.25) is 0 Å². The number of carbonyl (C=O) groups is 1. The van der Waals surface area contributed by atoms with E-state index in [0.29, 0.717) is 5.69 Å². The second-order valence-electron chi connectivity index (χ2n) is 3.21. The highest BCUT2D eigenvalue weighted by molar-refractivity contribution is 5.94. The van der Waals surface area contributed by atoms with Gasteiger partial charge in [0.15, 0.2) is 0 Å². The molecule has 5 heteroatoms. The number of nitrogens with one attached hydrogen (secondary N) is 1. The molecule has 0 atom stereocenters. The zero-order valence-electron chi connectivity index (χ0n) is 7.49. The van der Waals surface area contributed by atoms with E-state index in [2.05, 4.69) is 4.98 Å². The van der Waals surface area contributed by atoms with Gasteiger partial charge in [0.05, 0.1) is 5.69 Å². The van der Waals surface area contributed by atoms with E-state index < -0.39 is 11.5 Å². The smallest absolute Gasteiger partial charge is 0.343 e. The number of aromatic amines is 1.